The van der Waals surface area contributed by atoms with Gasteiger partial charge in [-0.3, -0.25) is 4.79 Å². The molecule has 1 aromatic heterocycles. The zero-order valence-corrected chi connectivity index (χ0v) is 14.3. The molecule has 1 aromatic carbocycles. The normalized spacial score (nSPS) is 17.3. The number of anilines is 2. The highest BCUT2D eigenvalue weighted by molar-refractivity contribution is 6.05. The first-order chi connectivity index (χ1) is 12.0. The number of piperidine rings is 1. The fourth-order valence-corrected chi connectivity index (χ4v) is 3.13. The number of rotatable bonds is 2. The van der Waals surface area contributed by atoms with Crippen LogP contribution >= 0.6 is 0 Å². The minimum atomic E-state index is -0.824. The lowest BCUT2D eigenvalue weighted by Crippen LogP contribution is -2.37. The van der Waals surface area contributed by atoms with E-state index in [9.17, 15) is 9.18 Å². The van der Waals surface area contributed by atoms with Gasteiger partial charge in [-0.15, -0.1) is 0 Å². The van der Waals surface area contributed by atoms with E-state index in [-0.39, 0.29) is 6.61 Å². The van der Waals surface area contributed by atoms with Gasteiger partial charge < -0.3 is 19.9 Å². The molecule has 2 aromatic rings. The fourth-order valence-electron chi connectivity index (χ4n) is 3.13. The first-order valence-corrected chi connectivity index (χ1v) is 8.26. The van der Waals surface area contributed by atoms with Crippen LogP contribution in [0.4, 0.5) is 16.0 Å². The molecule has 1 unspecified atom stereocenters. The van der Waals surface area contributed by atoms with E-state index >= 15 is 0 Å². The van der Waals surface area contributed by atoms with Crippen LogP contribution in [0.2, 0.25) is 0 Å². The largest absolute Gasteiger partial charge is 0.384 e. The number of aryl methyl sites for hydroxylation is 2. The molecule has 0 spiro atoms. The third-order valence-electron chi connectivity index (χ3n) is 4.38. The van der Waals surface area contributed by atoms with Crippen molar-refractivity contribution in [3.8, 4) is 11.8 Å². The molecule has 6 nitrogen and oxygen atoms in total. The highest BCUT2D eigenvalue weighted by atomic mass is 19.1. The molecule has 1 fully saturated rings. The number of nitrogens with zero attached hydrogens (tertiary/aromatic N) is 3. The Hall–Kier alpha value is -2.59. The minimum Gasteiger partial charge on any atom is -0.384 e. The van der Waals surface area contributed by atoms with Gasteiger partial charge in [-0.05, 0) is 43.4 Å². The Morgan fingerprint density at radius 1 is 1.52 bits per heavy atom. The van der Waals surface area contributed by atoms with Crippen LogP contribution in [-0.2, 0) is 11.8 Å². The fraction of sp³-hybridized carbons (Fsp3) is 0.444. The number of aliphatic hydroxyl groups excluding tert-OH is 1. The van der Waals surface area contributed by atoms with Crippen molar-refractivity contribution in [2.24, 2.45) is 7.05 Å². The maximum absolute atomic E-state index is 13.7. The van der Waals surface area contributed by atoms with Crippen molar-refractivity contribution in [1.29, 1.82) is 0 Å². The van der Waals surface area contributed by atoms with Gasteiger partial charge in [0.1, 0.15) is 12.8 Å². The van der Waals surface area contributed by atoms with Crippen molar-refractivity contribution < 1.29 is 14.3 Å². The summed E-state index contributed by atoms with van der Waals surface area (Å²) in [5.41, 5.74) is 3.15. The minimum absolute atomic E-state index is 0.358. The van der Waals surface area contributed by atoms with Gasteiger partial charge in [0.05, 0.1) is 17.6 Å². The summed E-state index contributed by atoms with van der Waals surface area (Å²) < 4.78 is 15.7. The molecule has 0 saturated carbocycles. The molecule has 0 aliphatic carbocycles. The van der Waals surface area contributed by atoms with Gasteiger partial charge in [0.2, 0.25) is 5.95 Å². The third kappa shape index (κ3) is 3.59. The van der Waals surface area contributed by atoms with Crippen LogP contribution in [0.1, 0.15) is 18.4 Å². The van der Waals surface area contributed by atoms with Gasteiger partial charge in [0, 0.05) is 19.3 Å². The Morgan fingerprint density at radius 3 is 3.04 bits per heavy atom. The van der Waals surface area contributed by atoms with Crippen molar-refractivity contribution in [3.63, 3.8) is 0 Å². The molecule has 25 heavy (non-hydrogen) atoms. The molecule has 0 radical (unpaired) electrons. The van der Waals surface area contributed by atoms with E-state index in [4.69, 9.17) is 5.11 Å². The SMILES string of the molecule is Cc1cc2c(cc1NC(=O)C#CCO)nc(N1CCCC(F)C1)n2C. The highest BCUT2D eigenvalue weighted by Crippen LogP contribution is 2.28. The molecule has 2 N–H and O–H groups in total. The Balaban J connectivity index is 1.93. The quantitative estimate of drug-likeness (QED) is 0.815. The average Bonchev–Trinajstić information content (AvgIpc) is 2.89. The summed E-state index contributed by atoms with van der Waals surface area (Å²) in [7, 11) is 1.91. The summed E-state index contributed by atoms with van der Waals surface area (Å²) in [5.74, 6) is 4.87. The van der Waals surface area contributed by atoms with Crippen LogP contribution in [-0.4, -0.2) is 46.4 Å². The average molecular weight is 344 g/mol. The lowest BCUT2D eigenvalue weighted by Gasteiger charge is -2.29. The van der Waals surface area contributed by atoms with Crippen molar-refractivity contribution >= 4 is 28.6 Å². The van der Waals surface area contributed by atoms with Crippen LogP contribution < -0.4 is 10.2 Å². The van der Waals surface area contributed by atoms with Crippen molar-refractivity contribution in [2.75, 3.05) is 29.9 Å². The number of halogens is 1. The second-order valence-corrected chi connectivity index (χ2v) is 6.23. The van der Waals surface area contributed by atoms with Gasteiger partial charge in [-0.2, -0.15) is 0 Å². The number of benzene rings is 1. The molecule has 3 rings (SSSR count). The molecule has 2 heterocycles. The Labute approximate surface area is 145 Å². The standard InChI is InChI=1S/C18H21FN4O2/c1-12-9-16-15(10-14(12)20-17(25)6-4-8-24)21-18(22(16)2)23-7-3-5-13(19)11-23/h9-10,13,24H,3,5,7-8,11H2,1-2H3,(H,20,25). The zero-order valence-electron chi connectivity index (χ0n) is 14.3. The molecule has 1 amide bonds. The van der Waals surface area contributed by atoms with E-state index in [1.54, 1.807) is 6.07 Å². The maximum Gasteiger partial charge on any atom is 0.300 e. The van der Waals surface area contributed by atoms with Gasteiger partial charge in [-0.1, -0.05) is 5.92 Å². The number of nitrogens with one attached hydrogen (secondary N) is 1. The number of carbonyl (C=O) groups excluding carboxylic acids is 1. The number of amides is 1. The topological polar surface area (TPSA) is 70.4 Å². The summed E-state index contributed by atoms with van der Waals surface area (Å²) in [5, 5.41) is 11.4. The van der Waals surface area contributed by atoms with Crippen molar-refractivity contribution in [2.45, 2.75) is 25.9 Å². The smallest absolute Gasteiger partial charge is 0.300 e. The summed E-state index contributed by atoms with van der Waals surface area (Å²) in [6, 6.07) is 3.74. The number of hydrogen-bond donors (Lipinski definition) is 2. The highest BCUT2D eigenvalue weighted by Gasteiger charge is 2.23. The predicted octanol–water partition coefficient (Wildman–Crippen LogP) is 1.75. The molecule has 1 aliphatic rings. The number of carbonyl (C=O) groups is 1. The predicted molar refractivity (Wildman–Crippen MR) is 95.3 cm³/mol. The van der Waals surface area contributed by atoms with Gasteiger partial charge >= 0.3 is 0 Å². The summed E-state index contributed by atoms with van der Waals surface area (Å²) in [6.07, 6.45) is 0.592. The molecule has 1 atom stereocenters. The first-order valence-electron chi connectivity index (χ1n) is 8.26. The van der Waals surface area contributed by atoms with Gasteiger partial charge in [0.15, 0.2) is 0 Å². The monoisotopic (exact) mass is 344 g/mol. The molecule has 132 valence electrons. The Bertz CT molecular complexity index is 865. The molecule has 0 bridgehead atoms. The van der Waals surface area contributed by atoms with Crippen molar-refractivity contribution in [3.05, 3.63) is 17.7 Å². The lowest BCUT2D eigenvalue weighted by atomic mass is 10.1. The zero-order chi connectivity index (χ0) is 18.0. The second-order valence-electron chi connectivity index (χ2n) is 6.23. The lowest BCUT2D eigenvalue weighted by molar-refractivity contribution is -0.111. The molecule has 1 saturated heterocycles. The molecule has 1 aliphatic heterocycles. The van der Waals surface area contributed by atoms with Crippen LogP contribution in [0.25, 0.3) is 11.0 Å². The van der Waals surface area contributed by atoms with E-state index in [1.165, 1.54) is 0 Å². The maximum atomic E-state index is 13.7. The van der Waals surface area contributed by atoms with Crippen LogP contribution in [0.3, 0.4) is 0 Å². The van der Waals surface area contributed by atoms with Crippen LogP contribution in [0, 0.1) is 18.8 Å². The van der Waals surface area contributed by atoms with Crippen LogP contribution in [0.5, 0.6) is 0 Å². The van der Waals surface area contributed by atoms with E-state index in [2.05, 4.69) is 22.1 Å². The Morgan fingerprint density at radius 2 is 2.32 bits per heavy atom. The number of aromatic nitrogens is 2. The summed E-state index contributed by atoms with van der Waals surface area (Å²) in [4.78, 5) is 18.3. The first kappa shape index (κ1) is 17.2. The summed E-state index contributed by atoms with van der Waals surface area (Å²) >= 11 is 0. The van der Waals surface area contributed by atoms with Gasteiger partial charge in [-0.25, -0.2) is 9.37 Å². The van der Waals surface area contributed by atoms with Crippen molar-refractivity contribution in [1.82, 2.24) is 9.55 Å². The molecular weight excluding hydrogens is 323 g/mol. The number of fused-ring (bicyclic) bond motifs is 1. The summed E-state index contributed by atoms with van der Waals surface area (Å²) in [6.45, 7) is 2.67. The number of hydrogen-bond acceptors (Lipinski definition) is 4. The van der Waals surface area contributed by atoms with Crippen LogP contribution in [0.15, 0.2) is 12.1 Å². The Kier molecular flexibility index (Phi) is 4.91. The van der Waals surface area contributed by atoms with E-state index < -0.39 is 12.1 Å². The van der Waals surface area contributed by atoms with E-state index in [0.717, 1.165) is 35.5 Å². The number of aliphatic hydroxyl groups is 1. The second kappa shape index (κ2) is 7.11. The third-order valence-corrected chi connectivity index (χ3v) is 4.38. The van der Waals surface area contributed by atoms with E-state index in [1.807, 2.05) is 29.5 Å². The number of alkyl halides is 1. The number of imidazole rings is 1. The molecule has 7 heteroatoms. The van der Waals surface area contributed by atoms with E-state index in [0.29, 0.717) is 18.7 Å². The van der Waals surface area contributed by atoms with Gasteiger partial charge in [0.25, 0.3) is 5.91 Å². The molecular formula is C18H21FN4O2.